The number of esters is 1. The second-order valence-electron chi connectivity index (χ2n) is 7.39. The molecule has 0 spiro atoms. The molecule has 0 saturated carbocycles. The van der Waals surface area contributed by atoms with Crippen LogP contribution in [0.15, 0.2) is 29.2 Å². The number of hydrogen-bond donors (Lipinski definition) is 2. The molecule has 0 radical (unpaired) electrons. The Kier molecular flexibility index (Phi) is 5.65. The monoisotopic (exact) mass is 430 g/mol. The van der Waals surface area contributed by atoms with Gasteiger partial charge in [0.1, 0.15) is 5.00 Å². The number of nitrogens with one attached hydrogen (secondary N) is 2. The van der Waals surface area contributed by atoms with E-state index >= 15 is 0 Å². The largest absolute Gasteiger partial charge is 0.465 e. The summed E-state index contributed by atoms with van der Waals surface area (Å²) in [6, 6.07) is 7.53. The molecule has 2 amide bonds. The van der Waals surface area contributed by atoms with Crippen molar-refractivity contribution in [3.8, 4) is 0 Å². The molecule has 2 N–H and O–H groups in total. The van der Waals surface area contributed by atoms with Crippen LogP contribution in [-0.4, -0.2) is 30.1 Å². The zero-order valence-electron chi connectivity index (χ0n) is 16.2. The highest BCUT2D eigenvalue weighted by Gasteiger charge is 2.31. The predicted molar refractivity (Wildman–Crippen MR) is 115 cm³/mol. The van der Waals surface area contributed by atoms with E-state index in [1.54, 1.807) is 0 Å². The van der Waals surface area contributed by atoms with Crippen LogP contribution in [0.3, 0.4) is 0 Å². The fourth-order valence-corrected chi connectivity index (χ4v) is 6.26. The Morgan fingerprint density at radius 1 is 1.31 bits per heavy atom. The average molecular weight is 431 g/mol. The van der Waals surface area contributed by atoms with E-state index in [0.29, 0.717) is 16.5 Å². The van der Waals surface area contributed by atoms with E-state index in [-0.39, 0.29) is 18.2 Å². The first-order valence-corrected chi connectivity index (χ1v) is 11.2. The Morgan fingerprint density at radius 2 is 2.10 bits per heavy atom. The summed E-state index contributed by atoms with van der Waals surface area (Å²) in [5, 5.41) is 5.74. The maximum atomic E-state index is 12.7. The molecule has 0 bridgehead atoms. The molecule has 29 heavy (non-hydrogen) atoms. The van der Waals surface area contributed by atoms with Crippen LogP contribution in [0, 0.1) is 5.92 Å². The van der Waals surface area contributed by atoms with Crippen molar-refractivity contribution in [1.82, 2.24) is 0 Å². The lowest BCUT2D eigenvalue weighted by Gasteiger charge is -2.23. The molecular formula is C21H22N2O4S2. The molecule has 2 aromatic rings. The Labute approximate surface area is 177 Å². The molecular weight excluding hydrogens is 408 g/mol. The fourth-order valence-electron chi connectivity index (χ4n) is 3.73. The first-order chi connectivity index (χ1) is 14.0. The highest BCUT2D eigenvalue weighted by Crippen LogP contribution is 2.41. The highest BCUT2D eigenvalue weighted by molar-refractivity contribution is 8.01. The number of thioether (sulfide) groups is 1. The Hall–Kier alpha value is -2.32. The minimum absolute atomic E-state index is 0.0322. The number of amides is 2. The minimum Gasteiger partial charge on any atom is -0.465 e. The second-order valence-corrected chi connectivity index (χ2v) is 9.74. The van der Waals surface area contributed by atoms with E-state index in [1.807, 2.05) is 24.3 Å². The number of fused-ring (bicyclic) bond motifs is 2. The van der Waals surface area contributed by atoms with Crippen LogP contribution in [0.2, 0.25) is 0 Å². The van der Waals surface area contributed by atoms with Gasteiger partial charge in [-0.05, 0) is 42.9 Å². The molecule has 1 aliphatic heterocycles. The van der Waals surface area contributed by atoms with Gasteiger partial charge in [0.05, 0.1) is 23.6 Å². The van der Waals surface area contributed by atoms with Crippen LogP contribution in [0.5, 0.6) is 0 Å². The van der Waals surface area contributed by atoms with Crippen LogP contribution in [0.1, 0.15) is 40.6 Å². The molecule has 2 heterocycles. The third-order valence-electron chi connectivity index (χ3n) is 5.23. The second kappa shape index (κ2) is 8.20. The van der Waals surface area contributed by atoms with Crippen LogP contribution < -0.4 is 10.6 Å². The first-order valence-electron chi connectivity index (χ1n) is 9.55. The summed E-state index contributed by atoms with van der Waals surface area (Å²) >= 11 is 2.83. The van der Waals surface area contributed by atoms with E-state index < -0.39 is 11.2 Å². The molecule has 0 unspecified atom stereocenters. The summed E-state index contributed by atoms with van der Waals surface area (Å²) in [5.74, 6) is -0.339. The topological polar surface area (TPSA) is 84.5 Å². The molecule has 1 aliphatic carbocycles. The number of carbonyl (C=O) groups is 3. The summed E-state index contributed by atoms with van der Waals surface area (Å²) in [5.41, 5.74) is 2.24. The van der Waals surface area contributed by atoms with Gasteiger partial charge in [-0.25, -0.2) is 4.79 Å². The third kappa shape index (κ3) is 4.04. The van der Waals surface area contributed by atoms with E-state index in [9.17, 15) is 14.4 Å². The fraction of sp³-hybridized carbons (Fsp3) is 0.381. The maximum absolute atomic E-state index is 12.7. The minimum atomic E-state index is -0.513. The lowest BCUT2D eigenvalue weighted by Crippen LogP contribution is -2.32. The van der Waals surface area contributed by atoms with Crippen molar-refractivity contribution in [1.29, 1.82) is 0 Å². The Balaban J connectivity index is 1.52. The SMILES string of the molecule is COC(=O)c1c(NC(=O)C[C@@H]2Sc3ccccc3NC2=O)sc2c1CC[C@@H](C)C2. The number of hydrogen-bond acceptors (Lipinski definition) is 6. The van der Waals surface area contributed by atoms with Crippen molar-refractivity contribution in [2.75, 3.05) is 17.7 Å². The normalized spacial score (nSPS) is 20.3. The number of benzene rings is 1. The lowest BCUT2D eigenvalue weighted by atomic mass is 9.88. The van der Waals surface area contributed by atoms with Gasteiger partial charge < -0.3 is 15.4 Å². The summed E-state index contributed by atoms with van der Waals surface area (Å²) in [7, 11) is 1.35. The molecule has 0 fully saturated rings. The summed E-state index contributed by atoms with van der Waals surface area (Å²) < 4.78 is 4.96. The van der Waals surface area contributed by atoms with Crippen molar-refractivity contribution >= 4 is 51.6 Å². The molecule has 8 heteroatoms. The van der Waals surface area contributed by atoms with Gasteiger partial charge in [-0.3, -0.25) is 9.59 Å². The van der Waals surface area contributed by atoms with E-state index in [2.05, 4.69) is 17.6 Å². The van der Waals surface area contributed by atoms with Crippen molar-refractivity contribution in [3.63, 3.8) is 0 Å². The predicted octanol–water partition coefficient (Wildman–Crippen LogP) is 4.10. The van der Waals surface area contributed by atoms with E-state index in [0.717, 1.165) is 40.3 Å². The van der Waals surface area contributed by atoms with Crippen LogP contribution in [-0.2, 0) is 27.2 Å². The van der Waals surface area contributed by atoms with Crippen LogP contribution >= 0.6 is 23.1 Å². The van der Waals surface area contributed by atoms with Gasteiger partial charge in [-0.1, -0.05) is 19.1 Å². The maximum Gasteiger partial charge on any atom is 0.341 e. The number of para-hydroxylation sites is 1. The number of rotatable bonds is 4. The quantitative estimate of drug-likeness (QED) is 0.714. The molecule has 2 aliphatic rings. The number of anilines is 2. The summed E-state index contributed by atoms with van der Waals surface area (Å²) in [6.07, 6.45) is 2.76. The van der Waals surface area contributed by atoms with Crippen molar-refractivity contribution < 1.29 is 19.1 Å². The number of methoxy groups -OCH3 is 1. The standard InChI is InChI=1S/C21H22N2O4S2/c1-11-7-8-12-15(9-11)29-20(18(12)21(26)27-2)23-17(24)10-16-19(25)22-13-5-3-4-6-14(13)28-16/h3-6,11,16H,7-10H2,1-2H3,(H,22,25)(H,23,24)/t11-,16+/m1/s1. The Morgan fingerprint density at radius 3 is 2.90 bits per heavy atom. The van der Waals surface area contributed by atoms with Crippen molar-refractivity contribution in [2.24, 2.45) is 5.92 Å². The number of ether oxygens (including phenoxy) is 1. The van der Waals surface area contributed by atoms with Gasteiger partial charge in [0, 0.05) is 16.2 Å². The molecule has 1 aromatic heterocycles. The zero-order valence-corrected chi connectivity index (χ0v) is 17.9. The van der Waals surface area contributed by atoms with Crippen molar-refractivity contribution in [2.45, 2.75) is 42.8 Å². The van der Waals surface area contributed by atoms with Crippen molar-refractivity contribution in [3.05, 3.63) is 40.3 Å². The summed E-state index contributed by atoms with van der Waals surface area (Å²) in [6.45, 7) is 2.19. The van der Waals surface area contributed by atoms with Gasteiger partial charge >= 0.3 is 5.97 Å². The molecule has 2 atom stereocenters. The van der Waals surface area contributed by atoms with Gasteiger partial charge in [0.25, 0.3) is 0 Å². The van der Waals surface area contributed by atoms with Crippen LogP contribution in [0.4, 0.5) is 10.7 Å². The Bertz CT molecular complexity index is 985. The smallest absolute Gasteiger partial charge is 0.341 e. The summed E-state index contributed by atoms with van der Waals surface area (Å²) in [4.78, 5) is 39.6. The van der Waals surface area contributed by atoms with Gasteiger partial charge in [-0.2, -0.15) is 0 Å². The lowest BCUT2D eigenvalue weighted by molar-refractivity contribution is -0.120. The molecule has 6 nitrogen and oxygen atoms in total. The van der Waals surface area contributed by atoms with Gasteiger partial charge in [0.15, 0.2) is 0 Å². The van der Waals surface area contributed by atoms with E-state index in [4.69, 9.17) is 4.74 Å². The van der Waals surface area contributed by atoms with Gasteiger partial charge in [-0.15, -0.1) is 23.1 Å². The van der Waals surface area contributed by atoms with Gasteiger partial charge in [0.2, 0.25) is 11.8 Å². The third-order valence-corrected chi connectivity index (χ3v) is 7.68. The zero-order chi connectivity index (χ0) is 20.5. The number of carbonyl (C=O) groups excluding carboxylic acids is 3. The average Bonchev–Trinajstić information content (AvgIpc) is 3.04. The molecule has 1 aromatic carbocycles. The first kappa shape index (κ1) is 20.0. The number of thiophene rings is 1. The van der Waals surface area contributed by atoms with E-state index in [1.165, 1.54) is 30.2 Å². The molecule has 0 saturated heterocycles. The highest BCUT2D eigenvalue weighted by atomic mass is 32.2. The van der Waals surface area contributed by atoms with Crippen LogP contribution in [0.25, 0.3) is 0 Å². The molecule has 152 valence electrons. The molecule has 4 rings (SSSR count).